The second kappa shape index (κ2) is 10.3. The van der Waals surface area contributed by atoms with Gasteiger partial charge in [-0.15, -0.1) is 0 Å². The number of benzene rings is 2. The summed E-state index contributed by atoms with van der Waals surface area (Å²) in [6.45, 7) is 5.48. The van der Waals surface area contributed by atoms with Gasteiger partial charge in [0.1, 0.15) is 11.5 Å². The third kappa shape index (κ3) is 6.82. The van der Waals surface area contributed by atoms with Crippen molar-refractivity contribution in [3.63, 3.8) is 0 Å². The molecule has 0 radical (unpaired) electrons. The largest absolute Gasteiger partial charge is 0.497 e. The first-order valence-corrected chi connectivity index (χ1v) is 9.48. The highest BCUT2D eigenvalue weighted by Gasteiger charge is 2.30. The minimum Gasteiger partial charge on any atom is -0.497 e. The van der Waals surface area contributed by atoms with E-state index in [1.165, 1.54) is 32.4 Å². The van der Waals surface area contributed by atoms with Gasteiger partial charge in [-0.2, -0.15) is 0 Å². The Hall–Kier alpha value is -2.47. The van der Waals surface area contributed by atoms with Crippen molar-refractivity contribution in [2.75, 3.05) is 14.2 Å². The second-order valence-electron chi connectivity index (χ2n) is 7.02. The highest BCUT2D eigenvalue weighted by molar-refractivity contribution is 14.1. The van der Waals surface area contributed by atoms with Gasteiger partial charge in [0, 0.05) is 0 Å². The lowest BCUT2D eigenvalue weighted by molar-refractivity contribution is -0.386. The van der Waals surface area contributed by atoms with Gasteiger partial charge in [-0.05, 0) is 52.3 Å². The van der Waals surface area contributed by atoms with Crippen LogP contribution in [0.4, 0.5) is 11.4 Å². The molecule has 10 heteroatoms. The van der Waals surface area contributed by atoms with Crippen LogP contribution in [0.15, 0.2) is 36.4 Å². The van der Waals surface area contributed by atoms with Crippen molar-refractivity contribution in [3.05, 3.63) is 65.8 Å². The van der Waals surface area contributed by atoms with Gasteiger partial charge in [0.05, 0.1) is 51.4 Å². The maximum Gasteiger partial charge on any atom is 0.286 e. The number of aliphatic hydroxyl groups is 1. The summed E-state index contributed by atoms with van der Waals surface area (Å²) in [4.78, 5) is 20.5. The minimum absolute atomic E-state index is 0.0787. The van der Waals surface area contributed by atoms with Crippen LogP contribution >= 0.6 is 22.6 Å². The molecule has 0 bridgehead atoms. The molecule has 0 amide bonds. The molecule has 29 heavy (non-hydrogen) atoms. The Balaban J connectivity index is 0.000000308. The third-order valence-electron chi connectivity index (χ3n) is 3.90. The fraction of sp³-hybridized carbons (Fsp3) is 0.368. The van der Waals surface area contributed by atoms with Gasteiger partial charge >= 0.3 is 0 Å². The fourth-order valence-electron chi connectivity index (χ4n) is 2.27. The number of hydrogen-bond acceptors (Lipinski definition) is 7. The zero-order valence-corrected chi connectivity index (χ0v) is 18.9. The zero-order chi connectivity index (χ0) is 22.4. The maximum atomic E-state index is 11.0. The Morgan fingerprint density at radius 2 is 1.38 bits per heavy atom. The Morgan fingerprint density at radius 1 is 0.931 bits per heavy atom. The molecule has 1 N–H and O–H groups in total. The molecule has 0 aliphatic rings. The van der Waals surface area contributed by atoms with E-state index >= 15 is 0 Å². The van der Waals surface area contributed by atoms with Crippen LogP contribution in [0.3, 0.4) is 0 Å². The van der Waals surface area contributed by atoms with Crippen LogP contribution in [0.25, 0.3) is 0 Å². The van der Waals surface area contributed by atoms with E-state index in [1.54, 1.807) is 18.2 Å². The van der Waals surface area contributed by atoms with Crippen LogP contribution in [0.5, 0.6) is 11.5 Å². The molecule has 0 fully saturated rings. The van der Waals surface area contributed by atoms with Crippen LogP contribution in [-0.2, 0) is 0 Å². The number of nitrogens with zero attached hydrogens (tertiary/aromatic N) is 2. The van der Waals surface area contributed by atoms with Gasteiger partial charge in [0.25, 0.3) is 11.4 Å². The van der Waals surface area contributed by atoms with Crippen molar-refractivity contribution < 1.29 is 24.4 Å². The molecule has 0 aliphatic heterocycles. The molecule has 0 spiro atoms. The van der Waals surface area contributed by atoms with E-state index in [2.05, 4.69) is 0 Å². The van der Waals surface area contributed by atoms with Crippen molar-refractivity contribution in [1.82, 2.24) is 0 Å². The van der Waals surface area contributed by atoms with E-state index in [9.17, 15) is 25.3 Å². The van der Waals surface area contributed by atoms with E-state index < -0.39 is 21.4 Å². The highest BCUT2D eigenvalue weighted by Crippen LogP contribution is 2.38. The standard InChI is InChI=1S/C12H17NO4.C7H6INO3/c1-12(2,3)11(14)9-6-5-8(17-4)7-10(9)13(15)16;1-12-5-2-3-6(8)7(4-5)9(10)11/h5-7,11,14H,1-4H3;2-4H,1H3. The summed E-state index contributed by atoms with van der Waals surface area (Å²) >= 11 is 1.91. The summed E-state index contributed by atoms with van der Waals surface area (Å²) in [6, 6.07) is 9.21. The first-order chi connectivity index (χ1) is 13.4. The van der Waals surface area contributed by atoms with E-state index in [4.69, 9.17) is 9.47 Å². The lowest BCUT2D eigenvalue weighted by Gasteiger charge is -2.25. The summed E-state index contributed by atoms with van der Waals surface area (Å²) < 4.78 is 10.4. The molecule has 0 saturated carbocycles. The summed E-state index contributed by atoms with van der Waals surface area (Å²) in [7, 11) is 2.92. The predicted molar refractivity (Wildman–Crippen MR) is 116 cm³/mol. The second-order valence-corrected chi connectivity index (χ2v) is 8.19. The molecule has 0 aliphatic carbocycles. The van der Waals surface area contributed by atoms with Crippen LogP contribution < -0.4 is 9.47 Å². The van der Waals surface area contributed by atoms with Crippen LogP contribution in [0.1, 0.15) is 32.4 Å². The molecule has 1 unspecified atom stereocenters. The number of nitro benzene ring substituents is 2. The summed E-state index contributed by atoms with van der Waals surface area (Å²) in [5.41, 5.74) is -0.190. The molecule has 0 aromatic heterocycles. The number of nitro groups is 2. The third-order valence-corrected chi connectivity index (χ3v) is 4.81. The Bertz CT molecular complexity index is 881. The molecule has 2 rings (SSSR count). The average molecular weight is 518 g/mol. The zero-order valence-electron chi connectivity index (χ0n) is 16.7. The lowest BCUT2D eigenvalue weighted by Crippen LogP contribution is -2.18. The van der Waals surface area contributed by atoms with Gasteiger partial charge in [0.15, 0.2) is 0 Å². The number of methoxy groups -OCH3 is 2. The summed E-state index contributed by atoms with van der Waals surface area (Å²) in [5, 5.41) is 31.5. The van der Waals surface area contributed by atoms with Gasteiger partial charge in [-0.1, -0.05) is 20.8 Å². The number of ether oxygens (including phenoxy) is 2. The molecule has 1 atom stereocenters. The van der Waals surface area contributed by atoms with Crippen LogP contribution in [0.2, 0.25) is 0 Å². The average Bonchev–Trinajstić information content (AvgIpc) is 2.66. The maximum absolute atomic E-state index is 11.0. The highest BCUT2D eigenvalue weighted by atomic mass is 127. The topological polar surface area (TPSA) is 125 Å². The Kier molecular flexibility index (Phi) is 8.77. The lowest BCUT2D eigenvalue weighted by atomic mass is 9.84. The van der Waals surface area contributed by atoms with Crippen molar-refractivity contribution in [2.45, 2.75) is 26.9 Å². The van der Waals surface area contributed by atoms with E-state index in [-0.39, 0.29) is 11.4 Å². The van der Waals surface area contributed by atoms with Crippen molar-refractivity contribution in [1.29, 1.82) is 0 Å². The molecule has 0 saturated heterocycles. The monoisotopic (exact) mass is 518 g/mol. The van der Waals surface area contributed by atoms with Gasteiger partial charge in [0.2, 0.25) is 0 Å². The van der Waals surface area contributed by atoms with Crippen molar-refractivity contribution in [2.24, 2.45) is 5.41 Å². The summed E-state index contributed by atoms with van der Waals surface area (Å²) in [6.07, 6.45) is -0.895. The number of hydrogen-bond donors (Lipinski definition) is 1. The van der Waals surface area contributed by atoms with E-state index in [0.717, 1.165) is 0 Å². The molecule has 2 aromatic rings. The minimum atomic E-state index is -0.895. The Morgan fingerprint density at radius 3 is 1.79 bits per heavy atom. The number of halogens is 1. The van der Waals surface area contributed by atoms with Crippen molar-refractivity contribution in [3.8, 4) is 11.5 Å². The summed E-state index contributed by atoms with van der Waals surface area (Å²) in [5.74, 6) is 0.906. The SMILES string of the molecule is COc1ccc(C(O)C(C)(C)C)c([N+](=O)[O-])c1.COc1ccc(I)c([N+](=O)[O-])c1. The quantitative estimate of drug-likeness (QED) is 0.339. The van der Waals surface area contributed by atoms with Gasteiger partial charge in [-0.25, -0.2) is 0 Å². The fourth-order valence-corrected chi connectivity index (χ4v) is 2.80. The first kappa shape index (κ1) is 24.6. The molecular weight excluding hydrogens is 495 g/mol. The number of aliphatic hydroxyl groups excluding tert-OH is 1. The Labute approximate surface area is 182 Å². The molecule has 2 aromatic carbocycles. The number of rotatable bonds is 5. The van der Waals surface area contributed by atoms with Gasteiger partial charge < -0.3 is 14.6 Å². The van der Waals surface area contributed by atoms with Crippen LogP contribution in [-0.4, -0.2) is 29.2 Å². The molecule has 9 nitrogen and oxygen atoms in total. The first-order valence-electron chi connectivity index (χ1n) is 8.40. The van der Waals surface area contributed by atoms with E-state index in [0.29, 0.717) is 20.6 Å². The van der Waals surface area contributed by atoms with Crippen molar-refractivity contribution >= 4 is 34.0 Å². The molecular formula is C19H23IN2O7. The molecule has 0 heterocycles. The normalized spacial score (nSPS) is 11.7. The smallest absolute Gasteiger partial charge is 0.286 e. The predicted octanol–water partition coefficient (Wildman–Crippen LogP) is 4.89. The molecule has 158 valence electrons. The van der Waals surface area contributed by atoms with E-state index in [1.807, 2.05) is 43.4 Å². The van der Waals surface area contributed by atoms with Gasteiger partial charge in [-0.3, -0.25) is 20.2 Å². The van der Waals surface area contributed by atoms with Crippen LogP contribution in [0, 0.1) is 29.2 Å².